The monoisotopic (exact) mass is 390 g/mol. The number of anilines is 1. The molecule has 0 spiro atoms. The summed E-state index contributed by atoms with van der Waals surface area (Å²) in [6.07, 6.45) is -3.38. The number of carbonyl (C=O) groups excluding carboxylic acids is 1. The molecular formula is C20H17F3N2O3. The number of hydrogen-bond donors (Lipinski definition) is 1. The van der Waals surface area contributed by atoms with Crippen molar-refractivity contribution in [2.75, 3.05) is 19.0 Å². The Morgan fingerprint density at radius 3 is 2.54 bits per heavy atom. The van der Waals surface area contributed by atoms with Crippen molar-refractivity contribution < 1.29 is 27.4 Å². The molecule has 0 radical (unpaired) electrons. The molecule has 0 atom stereocenters. The second kappa shape index (κ2) is 8.95. The number of ether oxygens (including phenoxy) is 2. The molecule has 1 amide bonds. The lowest BCUT2D eigenvalue weighted by Gasteiger charge is -2.13. The number of methoxy groups -OCH3 is 1. The standard InChI is InChI=1S/C20H17F3N2O3/c1-3-28-18-11-13(8-9-17(18)27-2)10-14(12-24)19(26)25-16-7-5-4-6-15(16)20(21,22)23/h4-11H,3H2,1-2H3,(H,25,26)/b14-10+. The molecule has 0 aliphatic carbocycles. The minimum atomic E-state index is -4.64. The van der Waals surface area contributed by atoms with E-state index in [1.807, 2.05) is 0 Å². The Morgan fingerprint density at radius 1 is 1.21 bits per heavy atom. The number of nitriles is 1. The van der Waals surface area contributed by atoms with E-state index >= 15 is 0 Å². The SMILES string of the molecule is CCOc1cc(/C=C(\C#N)C(=O)Nc2ccccc2C(F)(F)F)ccc1OC. The van der Waals surface area contributed by atoms with Gasteiger partial charge in [0.25, 0.3) is 5.91 Å². The molecule has 0 aromatic heterocycles. The summed E-state index contributed by atoms with van der Waals surface area (Å²) in [5, 5.41) is 11.4. The molecule has 5 nitrogen and oxygen atoms in total. The number of halogens is 3. The summed E-state index contributed by atoms with van der Waals surface area (Å²) >= 11 is 0. The average Bonchev–Trinajstić information content (AvgIpc) is 2.66. The molecule has 2 aromatic rings. The summed E-state index contributed by atoms with van der Waals surface area (Å²) in [5.74, 6) is -0.0621. The first-order valence-corrected chi connectivity index (χ1v) is 8.20. The van der Waals surface area contributed by atoms with Crippen molar-refractivity contribution in [3.8, 4) is 17.6 Å². The van der Waals surface area contributed by atoms with Gasteiger partial charge in [-0.2, -0.15) is 18.4 Å². The predicted molar refractivity (Wildman–Crippen MR) is 97.8 cm³/mol. The molecule has 0 heterocycles. The topological polar surface area (TPSA) is 71.3 Å². The average molecular weight is 390 g/mol. The fourth-order valence-corrected chi connectivity index (χ4v) is 2.40. The first-order valence-electron chi connectivity index (χ1n) is 8.20. The van der Waals surface area contributed by atoms with E-state index in [4.69, 9.17) is 9.47 Å². The molecule has 146 valence electrons. The fraction of sp³-hybridized carbons (Fsp3) is 0.200. The fourth-order valence-electron chi connectivity index (χ4n) is 2.40. The van der Waals surface area contributed by atoms with Gasteiger partial charge in [0, 0.05) is 0 Å². The van der Waals surface area contributed by atoms with E-state index < -0.39 is 23.3 Å². The van der Waals surface area contributed by atoms with Gasteiger partial charge in [-0.15, -0.1) is 0 Å². The molecule has 28 heavy (non-hydrogen) atoms. The Morgan fingerprint density at radius 2 is 1.93 bits per heavy atom. The lowest BCUT2D eigenvalue weighted by Crippen LogP contribution is -2.17. The van der Waals surface area contributed by atoms with E-state index in [2.05, 4.69) is 5.32 Å². The van der Waals surface area contributed by atoms with E-state index in [0.29, 0.717) is 23.7 Å². The third-order valence-electron chi connectivity index (χ3n) is 3.64. The van der Waals surface area contributed by atoms with E-state index in [0.717, 1.165) is 12.1 Å². The van der Waals surface area contributed by atoms with E-state index in [1.54, 1.807) is 31.2 Å². The Kier molecular flexibility index (Phi) is 6.66. The van der Waals surface area contributed by atoms with Crippen LogP contribution in [-0.2, 0) is 11.0 Å². The Labute approximate surface area is 160 Å². The van der Waals surface area contributed by atoms with E-state index in [9.17, 15) is 23.2 Å². The first kappa shape index (κ1) is 20.8. The Hall–Kier alpha value is -3.47. The molecule has 1 N–H and O–H groups in total. The molecule has 0 saturated heterocycles. The molecule has 0 aliphatic rings. The zero-order valence-corrected chi connectivity index (χ0v) is 15.1. The summed E-state index contributed by atoms with van der Waals surface area (Å²) in [5.41, 5.74) is -1.32. The van der Waals surface area contributed by atoms with Crippen molar-refractivity contribution in [3.05, 3.63) is 59.2 Å². The second-order valence-electron chi connectivity index (χ2n) is 5.51. The van der Waals surface area contributed by atoms with Crippen molar-refractivity contribution in [2.24, 2.45) is 0 Å². The maximum absolute atomic E-state index is 13.1. The third-order valence-corrected chi connectivity index (χ3v) is 3.64. The Bertz CT molecular complexity index is 931. The van der Waals surface area contributed by atoms with Crippen LogP contribution < -0.4 is 14.8 Å². The number of nitrogens with zero attached hydrogens (tertiary/aromatic N) is 1. The summed E-state index contributed by atoms with van der Waals surface area (Å²) < 4.78 is 49.8. The highest BCUT2D eigenvalue weighted by atomic mass is 19.4. The van der Waals surface area contributed by atoms with Crippen molar-refractivity contribution in [1.82, 2.24) is 0 Å². The Balaban J connectivity index is 2.33. The van der Waals surface area contributed by atoms with E-state index in [-0.39, 0.29) is 5.57 Å². The van der Waals surface area contributed by atoms with Gasteiger partial charge in [0.2, 0.25) is 0 Å². The van der Waals surface area contributed by atoms with Crippen LogP contribution in [0.25, 0.3) is 6.08 Å². The minimum Gasteiger partial charge on any atom is -0.493 e. The molecule has 0 bridgehead atoms. The third kappa shape index (κ3) is 5.04. The number of benzene rings is 2. The van der Waals surface area contributed by atoms with Crippen molar-refractivity contribution >= 4 is 17.7 Å². The van der Waals surface area contributed by atoms with Gasteiger partial charge in [-0.1, -0.05) is 18.2 Å². The van der Waals surface area contributed by atoms with Crippen LogP contribution in [0.2, 0.25) is 0 Å². The molecule has 8 heteroatoms. The smallest absolute Gasteiger partial charge is 0.418 e. The van der Waals surface area contributed by atoms with Crippen molar-refractivity contribution in [3.63, 3.8) is 0 Å². The number of alkyl halides is 3. The van der Waals surface area contributed by atoms with Gasteiger partial charge in [-0.3, -0.25) is 4.79 Å². The molecular weight excluding hydrogens is 373 g/mol. The van der Waals surface area contributed by atoms with Gasteiger partial charge >= 0.3 is 6.18 Å². The second-order valence-corrected chi connectivity index (χ2v) is 5.51. The zero-order chi connectivity index (χ0) is 20.7. The van der Waals surface area contributed by atoms with Crippen molar-refractivity contribution in [1.29, 1.82) is 5.26 Å². The zero-order valence-electron chi connectivity index (χ0n) is 15.1. The summed E-state index contributed by atoms with van der Waals surface area (Å²) in [6.45, 7) is 2.16. The molecule has 2 aromatic carbocycles. The summed E-state index contributed by atoms with van der Waals surface area (Å²) in [6, 6.07) is 11.0. The molecule has 0 aliphatic heterocycles. The largest absolute Gasteiger partial charge is 0.493 e. The number of para-hydroxylation sites is 1. The van der Waals surface area contributed by atoms with Crippen LogP contribution in [-0.4, -0.2) is 19.6 Å². The van der Waals surface area contributed by atoms with Crippen LogP contribution in [0.3, 0.4) is 0 Å². The number of carbonyl (C=O) groups is 1. The van der Waals surface area contributed by atoms with Crippen molar-refractivity contribution in [2.45, 2.75) is 13.1 Å². The quantitative estimate of drug-likeness (QED) is 0.575. The van der Waals surface area contributed by atoms with Crippen LogP contribution >= 0.6 is 0 Å². The number of nitrogens with one attached hydrogen (secondary N) is 1. The number of rotatable bonds is 6. The highest BCUT2D eigenvalue weighted by molar-refractivity contribution is 6.10. The maximum Gasteiger partial charge on any atom is 0.418 e. The van der Waals surface area contributed by atoms with Crippen LogP contribution in [0.4, 0.5) is 18.9 Å². The lowest BCUT2D eigenvalue weighted by molar-refractivity contribution is -0.137. The van der Waals surface area contributed by atoms with Crippen LogP contribution in [0, 0.1) is 11.3 Å². The molecule has 0 fully saturated rings. The van der Waals surface area contributed by atoms with Gasteiger partial charge in [-0.05, 0) is 42.8 Å². The highest BCUT2D eigenvalue weighted by Crippen LogP contribution is 2.35. The van der Waals surface area contributed by atoms with Gasteiger partial charge < -0.3 is 14.8 Å². The molecule has 0 saturated carbocycles. The summed E-state index contributed by atoms with van der Waals surface area (Å²) in [7, 11) is 1.47. The first-order chi connectivity index (χ1) is 13.3. The minimum absolute atomic E-state index is 0.357. The lowest BCUT2D eigenvalue weighted by atomic mass is 10.1. The number of amides is 1. The van der Waals surface area contributed by atoms with Gasteiger partial charge in [0.15, 0.2) is 11.5 Å². The van der Waals surface area contributed by atoms with Gasteiger partial charge in [-0.25, -0.2) is 0 Å². The summed E-state index contributed by atoms with van der Waals surface area (Å²) in [4.78, 5) is 12.3. The van der Waals surface area contributed by atoms with Crippen LogP contribution in [0.5, 0.6) is 11.5 Å². The van der Waals surface area contributed by atoms with E-state index in [1.165, 1.54) is 25.3 Å². The molecule has 0 unspecified atom stereocenters. The maximum atomic E-state index is 13.1. The molecule has 2 rings (SSSR count). The predicted octanol–water partition coefficient (Wildman–Crippen LogP) is 4.66. The van der Waals surface area contributed by atoms with Crippen LogP contribution in [0.15, 0.2) is 48.0 Å². The van der Waals surface area contributed by atoms with Crippen LogP contribution in [0.1, 0.15) is 18.1 Å². The van der Waals surface area contributed by atoms with Gasteiger partial charge in [0.05, 0.1) is 25.0 Å². The van der Waals surface area contributed by atoms with Gasteiger partial charge in [0.1, 0.15) is 11.6 Å². The highest BCUT2D eigenvalue weighted by Gasteiger charge is 2.33. The normalized spacial score (nSPS) is 11.5. The number of hydrogen-bond acceptors (Lipinski definition) is 4.